The fourth-order valence-corrected chi connectivity index (χ4v) is 3.91. The fraction of sp³-hybridized carbons (Fsp3) is 0.867. The number of aryl methyl sites for hydroxylation is 1. The molecule has 22 heavy (non-hydrogen) atoms. The number of aromatic nitrogens is 4. The van der Waals surface area contributed by atoms with Gasteiger partial charge in [-0.2, -0.15) is 0 Å². The Hall–Kier alpha value is -1.11. The number of unbranched alkanes of at least 4 members (excludes halogenated alkanes) is 1. The Bertz CT molecular complexity index is 459. The van der Waals surface area contributed by atoms with E-state index in [1.807, 2.05) is 7.05 Å². The zero-order valence-corrected chi connectivity index (χ0v) is 14.5. The maximum atomic E-state index is 12.4. The summed E-state index contributed by atoms with van der Waals surface area (Å²) in [6, 6.07) is 0.491. The molecule has 1 amide bonds. The molecular weight excluding hydrogens is 298 g/mol. The van der Waals surface area contributed by atoms with Crippen molar-refractivity contribution < 1.29 is 4.79 Å². The minimum atomic E-state index is 0.333. The van der Waals surface area contributed by atoms with Gasteiger partial charge in [0.15, 0.2) is 0 Å². The van der Waals surface area contributed by atoms with Crippen LogP contribution in [0.4, 0.5) is 0 Å². The molecule has 1 aromatic heterocycles. The monoisotopic (exact) mass is 325 g/mol. The van der Waals surface area contributed by atoms with Crippen LogP contribution in [-0.2, 0) is 11.8 Å². The van der Waals surface area contributed by atoms with E-state index in [1.54, 1.807) is 16.4 Å². The Balaban J connectivity index is 1.64. The van der Waals surface area contributed by atoms with Crippen molar-refractivity contribution in [3.8, 4) is 0 Å². The minimum absolute atomic E-state index is 0.333. The van der Waals surface area contributed by atoms with Crippen LogP contribution < -0.4 is 0 Å². The molecule has 0 aliphatic heterocycles. The Morgan fingerprint density at radius 1 is 1.32 bits per heavy atom. The van der Waals surface area contributed by atoms with Crippen molar-refractivity contribution in [2.45, 2.75) is 69.5 Å². The number of rotatable bonds is 8. The van der Waals surface area contributed by atoms with Crippen LogP contribution in [0.15, 0.2) is 5.16 Å². The number of hydrogen-bond donors (Lipinski definition) is 0. The molecule has 1 fully saturated rings. The summed E-state index contributed by atoms with van der Waals surface area (Å²) in [6.07, 6.45) is 8.89. The standard InChI is InChI=1S/C15H27N5OS/c1-3-20(13-9-5-4-6-10-13)14(21)11-7-8-12-22-15-16-17-18-19(15)2/h13H,3-12H2,1-2H3. The van der Waals surface area contributed by atoms with E-state index in [1.165, 1.54) is 32.1 Å². The molecule has 1 aliphatic rings. The van der Waals surface area contributed by atoms with Crippen LogP contribution in [0.3, 0.4) is 0 Å². The molecular formula is C15H27N5OS. The van der Waals surface area contributed by atoms with E-state index in [2.05, 4.69) is 27.3 Å². The van der Waals surface area contributed by atoms with E-state index in [9.17, 15) is 4.79 Å². The van der Waals surface area contributed by atoms with Gasteiger partial charge in [-0.3, -0.25) is 4.79 Å². The summed E-state index contributed by atoms with van der Waals surface area (Å²) >= 11 is 1.65. The lowest BCUT2D eigenvalue weighted by Gasteiger charge is -2.33. The molecule has 0 atom stereocenters. The third-order valence-electron chi connectivity index (χ3n) is 4.27. The predicted molar refractivity (Wildman–Crippen MR) is 87.6 cm³/mol. The van der Waals surface area contributed by atoms with Gasteiger partial charge in [0.25, 0.3) is 0 Å². The maximum absolute atomic E-state index is 12.4. The highest BCUT2D eigenvalue weighted by molar-refractivity contribution is 7.99. The summed E-state index contributed by atoms with van der Waals surface area (Å²) in [6.45, 7) is 2.95. The van der Waals surface area contributed by atoms with Crippen molar-refractivity contribution in [1.82, 2.24) is 25.1 Å². The third-order valence-corrected chi connectivity index (χ3v) is 5.37. The van der Waals surface area contributed by atoms with Crippen LogP contribution in [-0.4, -0.2) is 49.4 Å². The van der Waals surface area contributed by atoms with Crippen molar-refractivity contribution in [1.29, 1.82) is 0 Å². The summed E-state index contributed by atoms with van der Waals surface area (Å²) in [4.78, 5) is 14.5. The zero-order valence-electron chi connectivity index (χ0n) is 13.7. The number of nitrogens with zero attached hydrogens (tertiary/aromatic N) is 5. The van der Waals surface area contributed by atoms with Crippen molar-refractivity contribution in [2.24, 2.45) is 7.05 Å². The van der Waals surface area contributed by atoms with Crippen LogP contribution in [0.1, 0.15) is 58.3 Å². The lowest BCUT2D eigenvalue weighted by molar-refractivity contribution is -0.134. The first-order chi connectivity index (χ1) is 10.7. The van der Waals surface area contributed by atoms with E-state index >= 15 is 0 Å². The highest BCUT2D eigenvalue weighted by Crippen LogP contribution is 2.23. The Morgan fingerprint density at radius 3 is 2.73 bits per heavy atom. The largest absolute Gasteiger partial charge is 0.340 e. The van der Waals surface area contributed by atoms with Crippen molar-refractivity contribution in [3.05, 3.63) is 0 Å². The quantitative estimate of drug-likeness (QED) is 0.543. The highest BCUT2D eigenvalue weighted by atomic mass is 32.2. The molecule has 0 radical (unpaired) electrons. The highest BCUT2D eigenvalue weighted by Gasteiger charge is 2.23. The van der Waals surface area contributed by atoms with Crippen molar-refractivity contribution in [2.75, 3.05) is 12.3 Å². The Morgan fingerprint density at radius 2 is 2.09 bits per heavy atom. The number of carbonyl (C=O) groups is 1. The second-order valence-corrected chi connectivity index (χ2v) is 6.92. The van der Waals surface area contributed by atoms with Gasteiger partial charge in [-0.15, -0.1) is 5.10 Å². The SMILES string of the molecule is CCN(C(=O)CCCCSc1nnnn1C)C1CCCCC1. The molecule has 0 saturated heterocycles. The van der Waals surface area contributed by atoms with Crippen molar-refractivity contribution in [3.63, 3.8) is 0 Å². The number of tetrazole rings is 1. The molecule has 7 heteroatoms. The van der Waals surface area contributed by atoms with Gasteiger partial charge in [0.2, 0.25) is 11.1 Å². The average molecular weight is 325 g/mol. The third kappa shape index (κ3) is 4.97. The maximum Gasteiger partial charge on any atom is 0.222 e. The molecule has 1 aliphatic carbocycles. The van der Waals surface area contributed by atoms with E-state index in [0.29, 0.717) is 18.4 Å². The molecule has 0 bridgehead atoms. The lowest BCUT2D eigenvalue weighted by atomic mass is 9.94. The van der Waals surface area contributed by atoms with Gasteiger partial charge >= 0.3 is 0 Å². The first kappa shape index (κ1) is 17.2. The molecule has 0 spiro atoms. The smallest absolute Gasteiger partial charge is 0.222 e. The van der Waals surface area contributed by atoms with E-state index in [-0.39, 0.29) is 0 Å². The molecule has 124 valence electrons. The van der Waals surface area contributed by atoms with E-state index in [0.717, 1.165) is 30.3 Å². The van der Waals surface area contributed by atoms with Gasteiger partial charge in [0.1, 0.15) is 0 Å². The summed E-state index contributed by atoms with van der Waals surface area (Å²) in [7, 11) is 1.84. The Kier molecular flexibility index (Phi) is 7.15. The first-order valence-corrected chi connectivity index (χ1v) is 9.35. The van der Waals surface area contributed by atoms with Crippen LogP contribution in [0, 0.1) is 0 Å². The van der Waals surface area contributed by atoms with Gasteiger partial charge in [-0.1, -0.05) is 31.0 Å². The lowest BCUT2D eigenvalue weighted by Crippen LogP contribution is -2.41. The number of thioether (sulfide) groups is 1. The molecule has 2 rings (SSSR count). The Labute approximate surface area is 137 Å². The predicted octanol–water partition coefficient (Wildman–Crippen LogP) is 2.65. The summed E-state index contributed by atoms with van der Waals surface area (Å²) < 4.78 is 1.68. The van der Waals surface area contributed by atoms with Crippen LogP contribution >= 0.6 is 11.8 Å². The first-order valence-electron chi connectivity index (χ1n) is 8.37. The molecule has 0 aromatic carbocycles. The topological polar surface area (TPSA) is 63.9 Å². The summed E-state index contributed by atoms with van der Waals surface area (Å²) in [5.74, 6) is 1.29. The summed E-state index contributed by atoms with van der Waals surface area (Å²) in [5.41, 5.74) is 0. The number of amides is 1. The molecule has 1 aromatic rings. The average Bonchev–Trinajstić information content (AvgIpc) is 2.94. The molecule has 1 saturated carbocycles. The second-order valence-electron chi connectivity index (χ2n) is 5.86. The fourth-order valence-electron chi connectivity index (χ4n) is 3.06. The molecule has 0 N–H and O–H groups in total. The van der Waals surface area contributed by atoms with Gasteiger partial charge in [0.05, 0.1) is 0 Å². The molecule has 1 heterocycles. The normalized spacial score (nSPS) is 15.9. The van der Waals surface area contributed by atoms with E-state index in [4.69, 9.17) is 0 Å². The zero-order chi connectivity index (χ0) is 15.8. The van der Waals surface area contributed by atoms with Gasteiger partial charge in [-0.25, -0.2) is 4.68 Å². The van der Waals surface area contributed by atoms with Crippen LogP contribution in [0.2, 0.25) is 0 Å². The number of hydrogen-bond acceptors (Lipinski definition) is 5. The van der Waals surface area contributed by atoms with Gasteiger partial charge in [-0.05, 0) is 43.0 Å². The second kappa shape index (κ2) is 9.12. The van der Waals surface area contributed by atoms with Gasteiger partial charge < -0.3 is 4.90 Å². The van der Waals surface area contributed by atoms with Crippen LogP contribution in [0.25, 0.3) is 0 Å². The van der Waals surface area contributed by atoms with Crippen LogP contribution in [0.5, 0.6) is 0 Å². The number of carbonyl (C=O) groups excluding carboxylic acids is 1. The minimum Gasteiger partial charge on any atom is -0.340 e. The van der Waals surface area contributed by atoms with Gasteiger partial charge in [0, 0.05) is 31.8 Å². The van der Waals surface area contributed by atoms with Crippen molar-refractivity contribution >= 4 is 17.7 Å². The van der Waals surface area contributed by atoms with E-state index < -0.39 is 0 Å². The molecule has 6 nitrogen and oxygen atoms in total. The molecule has 0 unspecified atom stereocenters. The summed E-state index contributed by atoms with van der Waals surface area (Å²) in [5, 5.41) is 12.2.